The number of rotatable bonds is 3. The summed E-state index contributed by atoms with van der Waals surface area (Å²) in [5.41, 5.74) is 8.54. The van der Waals surface area contributed by atoms with E-state index in [0.717, 1.165) is 41.6 Å². The molecule has 1 aromatic rings. The van der Waals surface area contributed by atoms with Gasteiger partial charge < -0.3 is 5.73 Å². The van der Waals surface area contributed by atoms with Crippen LogP contribution < -0.4 is 5.73 Å². The van der Waals surface area contributed by atoms with Crippen molar-refractivity contribution in [1.29, 1.82) is 0 Å². The third kappa shape index (κ3) is 3.14. The zero-order valence-electron chi connectivity index (χ0n) is 12.5. The minimum Gasteiger partial charge on any atom is -0.325 e. The molecule has 1 aliphatic carbocycles. The third-order valence-corrected chi connectivity index (χ3v) is 5.13. The van der Waals surface area contributed by atoms with Crippen molar-refractivity contribution in [3.8, 4) is 0 Å². The van der Waals surface area contributed by atoms with E-state index in [1.165, 1.54) is 12.8 Å². The number of aryl methyl sites for hydroxylation is 2. The highest BCUT2D eigenvalue weighted by Gasteiger charge is 2.35. The van der Waals surface area contributed by atoms with Gasteiger partial charge in [0, 0.05) is 19.0 Å². The van der Waals surface area contributed by atoms with Crippen LogP contribution in [0.2, 0.25) is 5.02 Å². The summed E-state index contributed by atoms with van der Waals surface area (Å²) in [6.45, 7) is 6.56. The van der Waals surface area contributed by atoms with Crippen molar-refractivity contribution >= 4 is 11.6 Å². The predicted molar refractivity (Wildman–Crippen MR) is 80.4 cm³/mol. The average molecular weight is 284 g/mol. The van der Waals surface area contributed by atoms with Crippen LogP contribution in [0.1, 0.15) is 50.9 Å². The molecule has 0 spiro atoms. The first-order valence-electron chi connectivity index (χ1n) is 7.29. The lowest BCUT2D eigenvalue weighted by molar-refractivity contribution is 0.180. The summed E-state index contributed by atoms with van der Waals surface area (Å²) in [6, 6.07) is 0. The summed E-state index contributed by atoms with van der Waals surface area (Å²) in [6.07, 6.45) is 5.58. The molecule has 0 radical (unpaired) electrons. The maximum atomic E-state index is 6.67. The molecule has 2 N–H and O–H groups in total. The Hall–Kier alpha value is -0.540. The van der Waals surface area contributed by atoms with Crippen LogP contribution in [0.3, 0.4) is 0 Å². The van der Waals surface area contributed by atoms with Gasteiger partial charge in [-0.1, -0.05) is 38.3 Å². The highest BCUT2D eigenvalue weighted by molar-refractivity contribution is 6.31. The normalized spacial score (nSPS) is 28.1. The Balaban J connectivity index is 2.16. The van der Waals surface area contributed by atoms with Gasteiger partial charge in [-0.25, -0.2) is 0 Å². The van der Waals surface area contributed by atoms with Gasteiger partial charge in [0.25, 0.3) is 0 Å². The molecule has 1 saturated carbocycles. The van der Waals surface area contributed by atoms with Gasteiger partial charge in [-0.2, -0.15) is 5.10 Å². The number of aromatic nitrogens is 2. The van der Waals surface area contributed by atoms with Crippen LogP contribution in [-0.4, -0.2) is 15.3 Å². The molecule has 108 valence electrons. The van der Waals surface area contributed by atoms with Gasteiger partial charge in [0.05, 0.1) is 16.4 Å². The average Bonchev–Trinajstić information content (AvgIpc) is 2.56. The molecule has 3 nitrogen and oxygen atoms in total. The Bertz CT molecular complexity index is 452. The highest BCUT2D eigenvalue weighted by Crippen LogP contribution is 2.37. The van der Waals surface area contributed by atoms with Crippen LogP contribution in [0, 0.1) is 18.8 Å². The Labute approximate surface area is 121 Å². The standard InChI is InChI=1S/C15H26ClN3/c1-10(2)12-6-5-7-15(17,8-12)9-13-14(16)11(3)18-19(13)4/h10,12H,5-9,17H2,1-4H3. The first-order chi connectivity index (χ1) is 8.82. The molecule has 1 aliphatic rings. The number of nitrogens with zero attached hydrogens (tertiary/aromatic N) is 2. The zero-order chi connectivity index (χ0) is 14.2. The van der Waals surface area contributed by atoms with Gasteiger partial charge in [0.15, 0.2) is 0 Å². The van der Waals surface area contributed by atoms with Gasteiger partial charge in [0.1, 0.15) is 0 Å². The minimum atomic E-state index is -0.114. The summed E-state index contributed by atoms with van der Waals surface area (Å²) in [5.74, 6) is 1.46. The largest absolute Gasteiger partial charge is 0.325 e. The first-order valence-corrected chi connectivity index (χ1v) is 7.67. The van der Waals surface area contributed by atoms with E-state index in [1.54, 1.807) is 0 Å². The van der Waals surface area contributed by atoms with Crippen LogP contribution in [0.4, 0.5) is 0 Å². The lowest BCUT2D eigenvalue weighted by atomic mass is 9.70. The summed E-state index contributed by atoms with van der Waals surface area (Å²) >= 11 is 6.36. The predicted octanol–water partition coefficient (Wildman–Crippen LogP) is 3.47. The van der Waals surface area contributed by atoms with E-state index in [-0.39, 0.29) is 5.54 Å². The fourth-order valence-corrected chi connectivity index (χ4v) is 3.60. The van der Waals surface area contributed by atoms with Crippen molar-refractivity contribution in [1.82, 2.24) is 9.78 Å². The molecule has 1 heterocycles. The molecular weight excluding hydrogens is 258 g/mol. The second-order valence-electron chi connectivity index (χ2n) is 6.61. The number of halogens is 1. The molecule has 0 aliphatic heterocycles. The fourth-order valence-electron chi connectivity index (χ4n) is 3.38. The Morgan fingerprint density at radius 3 is 2.74 bits per heavy atom. The quantitative estimate of drug-likeness (QED) is 0.923. The second-order valence-corrected chi connectivity index (χ2v) is 6.99. The fraction of sp³-hybridized carbons (Fsp3) is 0.800. The van der Waals surface area contributed by atoms with Crippen molar-refractivity contribution in [3.05, 3.63) is 16.4 Å². The highest BCUT2D eigenvalue weighted by atomic mass is 35.5. The van der Waals surface area contributed by atoms with Gasteiger partial charge >= 0.3 is 0 Å². The number of hydrogen-bond acceptors (Lipinski definition) is 2. The van der Waals surface area contributed by atoms with Gasteiger partial charge in [-0.05, 0) is 31.6 Å². The molecule has 1 aromatic heterocycles. The van der Waals surface area contributed by atoms with Crippen molar-refractivity contribution in [3.63, 3.8) is 0 Å². The van der Waals surface area contributed by atoms with E-state index in [9.17, 15) is 0 Å². The summed E-state index contributed by atoms with van der Waals surface area (Å²) in [7, 11) is 1.96. The molecule has 0 amide bonds. The lowest BCUT2D eigenvalue weighted by Gasteiger charge is -2.39. The molecule has 2 rings (SSSR count). The van der Waals surface area contributed by atoms with Crippen molar-refractivity contribution in [2.45, 2.75) is 58.4 Å². The molecule has 2 atom stereocenters. The van der Waals surface area contributed by atoms with Crippen LogP contribution in [0.25, 0.3) is 0 Å². The molecule has 0 saturated heterocycles. The minimum absolute atomic E-state index is 0.114. The topological polar surface area (TPSA) is 43.8 Å². The Morgan fingerprint density at radius 2 is 2.21 bits per heavy atom. The van der Waals surface area contributed by atoms with Crippen LogP contribution >= 0.6 is 11.6 Å². The second kappa shape index (κ2) is 5.45. The zero-order valence-corrected chi connectivity index (χ0v) is 13.3. The molecule has 4 heteroatoms. The lowest BCUT2D eigenvalue weighted by Crippen LogP contribution is -2.47. The van der Waals surface area contributed by atoms with Crippen molar-refractivity contribution in [2.75, 3.05) is 0 Å². The van der Waals surface area contributed by atoms with E-state index >= 15 is 0 Å². The van der Waals surface area contributed by atoms with Gasteiger partial charge in [0.2, 0.25) is 0 Å². The molecule has 0 aromatic carbocycles. The SMILES string of the molecule is Cc1nn(C)c(CC2(N)CCCC(C(C)C)C2)c1Cl. The van der Waals surface area contributed by atoms with E-state index in [0.29, 0.717) is 5.92 Å². The Morgan fingerprint density at radius 1 is 1.53 bits per heavy atom. The monoisotopic (exact) mass is 283 g/mol. The van der Waals surface area contributed by atoms with Crippen LogP contribution in [-0.2, 0) is 13.5 Å². The van der Waals surface area contributed by atoms with Crippen molar-refractivity contribution < 1.29 is 0 Å². The van der Waals surface area contributed by atoms with E-state index in [2.05, 4.69) is 18.9 Å². The van der Waals surface area contributed by atoms with E-state index in [4.69, 9.17) is 17.3 Å². The van der Waals surface area contributed by atoms with Gasteiger partial charge in [-0.15, -0.1) is 0 Å². The summed E-state index contributed by atoms with van der Waals surface area (Å²) < 4.78 is 1.89. The number of hydrogen-bond donors (Lipinski definition) is 1. The molecule has 19 heavy (non-hydrogen) atoms. The molecule has 2 unspecified atom stereocenters. The molecular formula is C15H26ClN3. The first kappa shape index (κ1) is 14.9. The van der Waals surface area contributed by atoms with Crippen LogP contribution in [0.5, 0.6) is 0 Å². The third-order valence-electron chi connectivity index (χ3n) is 4.64. The molecule has 1 fully saturated rings. The summed E-state index contributed by atoms with van der Waals surface area (Å²) in [4.78, 5) is 0. The van der Waals surface area contributed by atoms with Crippen molar-refractivity contribution in [2.24, 2.45) is 24.6 Å². The number of nitrogens with two attached hydrogens (primary N) is 1. The smallest absolute Gasteiger partial charge is 0.0847 e. The Kier molecular flexibility index (Phi) is 4.26. The maximum absolute atomic E-state index is 6.67. The van der Waals surface area contributed by atoms with E-state index < -0.39 is 0 Å². The van der Waals surface area contributed by atoms with Gasteiger partial charge in [-0.3, -0.25) is 4.68 Å². The maximum Gasteiger partial charge on any atom is 0.0847 e. The van der Waals surface area contributed by atoms with E-state index in [1.807, 2.05) is 18.7 Å². The molecule has 0 bridgehead atoms. The summed E-state index contributed by atoms with van der Waals surface area (Å²) in [5, 5.41) is 5.18. The van der Waals surface area contributed by atoms with Crippen LogP contribution in [0.15, 0.2) is 0 Å².